The molecule has 1 aromatic heterocycles. The molecule has 0 atom stereocenters. The number of rotatable bonds is 6. The smallest absolute Gasteiger partial charge is 0.143 e. The normalized spacial score (nSPS) is 11.3. The van der Waals surface area contributed by atoms with Gasteiger partial charge in [0.1, 0.15) is 11.2 Å². The van der Waals surface area contributed by atoms with Crippen molar-refractivity contribution in [1.82, 2.24) is 0 Å². The summed E-state index contributed by atoms with van der Waals surface area (Å²) in [6.07, 6.45) is 0. The highest BCUT2D eigenvalue weighted by molar-refractivity contribution is 6.13. The van der Waals surface area contributed by atoms with E-state index in [0.29, 0.717) is 0 Å². The number of hydrogen-bond acceptors (Lipinski definition) is 2. The summed E-state index contributed by atoms with van der Waals surface area (Å²) in [5.74, 6) is 0. The van der Waals surface area contributed by atoms with Crippen molar-refractivity contribution in [2.75, 3.05) is 4.90 Å². The van der Waals surface area contributed by atoms with Crippen LogP contribution >= 0.6 is 0 Å². The van der Waals surface area contributed by atoms with Crippen LogP contribution in [-0.2, 0) is 0 Å². The highest BCUT2D eigenvalue weighted by atomic mass is 16.3. The van der Waals surface area contributed by atoms with Crippen LogP contribution in [0.25, 0.3) is 66.1 Å². The molecule has 9 rings (SSSR count). The fraction of sp³-hybridized carbons (Fsp3) is 0. The van der Waals surface area contributed by atoms with Crippen molar-refractivity contribution in [1.29, 1.82) is 0 Å². The first kappa shape index (κ1) is 27.9. The summed E-state index contributed by atoms with van der Waals surface area (Å²) in [6.45, 7) is 0. The number of fused-ring (bicyclic) bond motifs is 4. The number of benzene rings is 8. The molecular weight excluding hydrogens is 583 g/mol. The molecule has 9 aromatic rings. The summed E-state index contributed by atoms with van der Waals surface area (Å²) in [6, 6.07) is 66.7. The van der Waals surface area contributed by atoms with Gasteiger partial charge in [-0.15, -0.1) is 0 Å². The van der Waals surface area contributed by atoms with Crippen LogP contribution in [0.1, 0.15) is 0 Å². The van der Waals surface area contributed by atoms with Gasteiger partial charge < -0.3 is 9.32 Å². The molecule has 0 fully saturated rings. The number of para-hydroxylation sites is 2. The third-order valence-corrected chi connectivity index (χ3v) is 9.26. The predicted octanol–water partition coefficient (Wildman–Crippen LogP) is 13.2. The lowest BCUT2D eigenvalue weighted by atomic mass is 9.99. The predicted molar refractivity (Wildman–Crippen MR) is 202 cm³/mol. The van der Waals surface area contributed by atoms with Crippen molar-refractivity contribution < 1.29 is 4.42 Å². The van der Waals surface area contributed by atoms with Gasteiger partial charge in [0.2, 0.25) is 0 Å². The summed E-state index contributed by atoms with van der Waals surface area (Å²) >= 11 is 0. The van der Waals surface area contributed by atoms with E-state index in [4.69, 9.17) is 4.42 Å². The highest BCUT2D eigenvalue weighted by Crippen LogP contribution is 2.43. The molecule has 0 unspecified atom stereocenters. The van der Waals surface area contributed by atoms with Crippen LogP contribution in [0.15, 0.2) is 192 Å². The van der Waals surface area contributed by atoms with E-state index in [1.165, 1.54) is 21.9 Å². The summed E-state index contributed by atoms with van der Waals surface area (Å²) in [5.41, 5.74) is 11.9. The Morgan fingerprint density at radius 1 is 0.333 bits per heavy atom. The van der Waals surface area contributed by atoms with Gasteiger partial charge in [0.25, 0.3) is 0 Å². The third kappa shape index (κ3) is 4.83. The van der Waals surface area contributed by atoms with Crippen molar-refractivity contribution in [3.8, 4) is 33.4 Å². The zero-order valence-corrected chi connectivity index (χ0v) is 26.3. The van der Waals surface area contributed by atoms with Crippen LogP contribution in [0.3, 0.4) is 0 Å². The third-order valence-electron chi connectivity index (χ3n) is 9.26. The van der Waals surface area contributed by atoms with E-state index < -0.39 is 0 Å². The summed E-state index contributed by atoms with van der Waals surface area (Å²) in [5, 5.41) is 4.65. The van der Waals surface area contributed by atoms with Gasteiger partial charge in [0.15, 0.2) is 0 Å². The lowest BCUT2D eigenvalue weighted by Gasteiger charge is -2.27. The molecule has 0 amide bonds. The molecule has 0 saturated heterocycles. The second-order valence-electron chi connectivity index (χ2n) is 12.1. The number of hydrogen-bond donors (Lipinski definition) is 0. The van der Waals surface area contributed by atoms with Gasteiger partial charge in [-0.3, -0.25) is 0 Å². The lowest BCUT2D eigenvalue weighted by molar-refractivity contribution is 0.671. The van der Waals surface area contributed by atoms with Crippen LogP contribution in [0.5, 0.6) is 0 Å². The SMILES string of the molecule is c1ccc(-c2ccc(N(c3cccc(-c4cccc5c4oc4c(-c6ccccc6)cccc45)c3)c3cccc4ccccc34)cc2)cc1. The maximum atomic E-state index is 6.79. The molecule has 8 aromatic carbocycles. The Kier molecular flexibility index (Phi) is 6.84. The van der Waals surface area contributed by atoms with Crippen LogP contribution in [0.2, 0.25) is 0 Å². The molecule has 0 saturated carbocycles. The van der Waals surface area contributed by atoms with E-state index in [2.05, 4.69) is 187 Å². The fourth-order valence-electron chi connectivity index (χ4n) is 6.97. The Hall–Kier alpha value is -6.38. The quantitative estimate of drug-likeness (QED) is 0.185. The molecule has 0 bridgehead atoms. The lowest BCUT2D eigenvalue weighted by Crippen LogP contribution is -2.10. The first-order chi connectivity index (χ1) is 23.8. The molecule has 1 heterocycles. The topological polar surface area (TPSA) is 16.4 Å². The van der Waals surface area contributed by atoms with Crippen LogP contribution < -0.4 is 4.90 Å². The van der Waals surface area contributed by atoms with E-state index >= 15 is 0 Å². The van der Waals surface area contributed by atoms with E-state index in [1.807, 2.05) is 6.07 Å². The molecule has 0 aliphatic rings. The van der Waals surface area contributed by atoms with Crippen molar-refractivity contribution in [2.45, 2.75) is 0 Å². The molecule has 2 heteroatoms. The molecule has 0 aliphatic carbocycles. The highest BCUT2D eigenvalue weighted by Gasteiger charge is 2.19. The molecule has 48 heavy (non-hydrogen) atoms. The Labute approximate surface area is 279 Å². The summed E-state index contributed by atoms with van der Waals surface area (Å²) in [7, 11) is 0. The second-order valence-corrected chi connectivity index (χ2v) is 12.1. The zero-order chi connectivity index (χ0) is 31.9. The molecule has 0 spiro atoms. The molecule has 2 nitrogen and oxygen atoms in total. The fourth-order valence-corrected chi connectivity index (χ4v) is 6.97. The number of nitrogens with zero attached hydrogens (tertiary/aromatic N) is 1. The number of anilines is 3. The van der Waals surface area contributed by atoms with E-state index in [-0.39, 0.29) is 0 Å². The largest absolute Gasteiger partial charge is 0.455 e. The maximum absolute atomic E-state index is 6.79. The summed E-state index contributed by atoms with van der Waals surface area (Å²) in [4.78, 5) is 2.37. The van der Waals surface area contributed by atoms with Crippen LogP contribution in [0.4, 0.5) is 17.1 Å². The maximum Gasteiger partial charge on any atom is 0.143 e. The molecule has 0 aliphatic heterocycles. The minimum atomic E-state index is 0.900. The Balaban J connectivity index is 1.21. The van der Waals surface area contributed by atoms with Crippen LogP contribution in [0, 0.1) is 0 Å². The van der Waals surface area contributed by atoms with Gasteiger partial charge in [-0.25, -0.2) is 0 Å². The van der Waals surface area contributed by atoms with Crippen molar-refractivity contribution in [3.63, 3.8) is 0 Å². The first-order valence-corrected chi connectivity index (χ1v) is 16.4. The van der Waals surface area contributed by atoms with E-state index in [0.717, 1.165) is 61.3 Å². The second kappa shape index (κ2) is 11.8. The first-order valence-electron chi connectivity index (χ1n) is 16.4. The van der Waals surface area contributed by atoms with Gasteiger partial charge in [0, 0.05) is 38.7 Å². The van der Waals surface area contributed by atoms with E-state index in [1.54, 1.807) is 0 Å². The molecule has 0 radical (unpaired) electrons. The van der Waals surface area contributed by atoms with Gasteiger partial charge >= 0.3 is 0 Å². The molecule has 0 N–H and O–H groups in total. The average molecular weight is 614 g/mol. The van der Waals surface area contributed by atoms with Gasteiger partial charge in [-0.2, -0.15) is 0 Å². The number of furan rings is 1. The van der Waals surface area contributed by atoms with Gasteiger partial charge in [0.05, 0.1) is 5.69 Å². The van der Waals surface area contributed by atoms with Gasteiger partial charge in [-0.1, -0.05) is 158 Å². The Morgan fingerprint density at radius 2 is 0.854 bits per heavy atom. The zero-order valence-electron chi connectivity index (χ0n) is 26.3. The van der Waals surface area contributed by atoms with Gasteiger partial charge in [-0.05, 0) is 58.0 Å². The van der Waals surface area contributed by atoms with Crippen LogP contribution in [-0.4, -0.2) is 0 Å². The Bertz CT molecular complexity index is 2540. The Morgan fingerprint density at radius 3 is 1.58 bits per heavy atom. The van der Waals surface area contributed by atoms with Crippen molar-refractivity contribution in [3.05, 3.63) is 188 Å². The molecular formula is C46H31NO. The monoisotopic (exact) mass is 613 g/mol. The van der Waals surface area contributed by atoms with Crippen molar-refractivity contribution in [2.24, 2.45) is 0 Å². The molecule has 226 valence electrons. The standard InChI is InChI=1S/C46H31NO/c1-3-13-32(14-4-1)33-27-29-37(30-28-33)47(44-26-10-18-34-17-7-8-21-39(34)44)38-20-9-19-36(31-38)41-23-12-25-43-42-24-11-22-40(45(42)48-46(41)43)35-15-5-2-6-16-35/h1-31H. The van der Waals surface area contributed by atoms with E-state index in [9.17, 15) is 0 Å². The minimum absolute atomic E-state index is 0.900. The van der Waals surface area contributed by atoms with Crippen molar-refractivity contribution >= 4 is 49.8 Å². The minimum Gasteiger partial charge on any atom is -0.455 e. The summed E-state index contributed by atoms with van der Waals surface area (Å²) < 4.78 is 6.79. The average Bonchev–Trinajstić information content (AvgIpc) is 3.55.